The molecule has 2 unspecified atom stereocenters. The minimum atomic E-state index is -0.772. The summed E-state index contributed by atoms with van der Waals surface area (Å²) in [6, 6.07) is 20.4. The SMILES string of the molecule is O=C(Nc1ccc(-n2ncc3cc(NC(=O)C4CC4)ccc32)cc1)c1ccc(N2CCC(O)C(O)C2)cc1. The van der Waals surface area contributed by atoms with Crippen molar-refractivity contribution >= 4 is 39.8 Å². The maximum absolute atomic E-state index is 12.8. The number of piperidine rings is 1. The molecule has 1 aliphatic carbocycles. The highest BCUT2D eigenvalue weighted by atomic mass is 16.3. The molecule has 4 aromatic rings. The van der Waals surface area contributed by atoms with E-state index in [9.17, 15) is 19.8 Å². The quantitative estimate of drug-likeness (QED) is 0.314. The van der Waals surface area contributed by atoms with E-state index >= 15 is 0 Å². The number of carbonyl (C=O) groups excluding carboxylic acids is 2. The number of fused-ring (bicyclic) bond motifs is 1. The molecule has 3 aromatic carbocycles. The van der Waals surface area contributed by atoms with E-state index in [0.29, 0.717) is 30.8 Å². The van der Waals surface area contributed by atoms with Gasteiger partial charge in [0.1, 0.15) is 0 Å². The lowest BCUT2D eigenvalue weighted by atomic mass is 10.0. The Hall–Kier alpha value is -4.21. The Labute approximate surface area is 219 Å². The number of β-amino-alcohol motifs (C(OH)–C–C–N with tert-alkyl or cyclic N) is 1. The summed E-state index contributed by atoms with van der Waals surface area (Å²) in [5.41, 5.74) is 4.64. The third-order valence-corrected chi connectivity index (χ3v) is 7.19. The zero-order chi connectivity index (χ0) is 26.2. The van der Waals surface area contributed by atoms with E-state index in [4.69, 9.17) is 0 Å². The molecule has 1 saturated carbocycles. The van der Waals surface area contributed by atoms with Gasteiger partial charge < -0.3 is 25.7 Å². The van der Waals surface area contributed by atoms with Crippen LogP contribution in [0.4, 0.5) is 17.1 Å². The highest BCUT2D eigenvalue weighted by molar-refractivity contribution is 6.04. The molecular formula is C29H29N5O4. The highest BCUT2D eigenvalue weighted by Crippen LogP contribution is 2.31. The average molecular weight is 512 g/mol. The molecule has 6 rings (SSSR count). The van der Waals surface area contributed by atoms with Crippen molar-refractivity contribution in [2.45, 2.75) is 31.5 Å². The largest absolute Gasteiger partial charge is 0.390 e. The van der Waals surface area contributed by atoms with Crippen molar-refractivity contribution in [1.29, 1.82) is 0 Å². The highest BCUT2D eigenvalue weighted by Gasteiger charge is 2.29. The van der Waals surface area contributed by atoms with Crippen LogP contribution >= 0.6 is 0 Å². The van der Waals surface area contributed by atoms with Crippen molar-refractivity contribution in [3.63, 3.8) is 0 Å². The number of aliphatic hydroxyl groups is 2. The van der Waals surface area contributed by atoms with Gasteiger partial charge in [-0.25, -0.2) is 4.68 Å². The van der Waals surface area contributed by atoms with Gasteiger partial charge in [0.25, 0.3) is 5.91 Å². The van der Waals surface area contributed by atoms with Gasteiger partial charge in [0.05, 0.1) is 29.6 Å². The maximum atomic E-state index is 12.8. The van der Waals surface area contributed by atoms with Crippen LogP contribution in [-0.4, -0.2) is 57.1 Å². The average Bonchev–Trinajstić information content (AvgIpc) is 3.71. The third-order valence-electron chi connectivity index (χ3n) is 7.19. The minimum absolute atomic E-state index is 0.0768. The van der Waals surface area contributed by atoms with Crippen LogP contribution < -0.4 is 15.5 Å². The number of aliphatic hydroxyl groups excluding tert-OH is 2. The number of hydrogen-bond acceptors (Lipinski definition) is 6. The van der Waals surface area contributed by atoms with Gasteiger partial charge in [-0.1, -0.05) is 0 Å². The van der Waals surface area contributed by atoms with Crippen LogP contribution in [0.3, 0.4) is 0 Å². The van der Waals surface area contributed by atoms with Gasteiger partial charge in [-0.3, -0.25) is 9.59 Å². The van der Waals surface area contributed by atoms with Gasteiger partial charge in [0.2, 0.25) is 5.91 Å². The summed E-state index contributed by atoms with van der Waals surface area (Å²) in [5, 5.41) is 31.0. The van der Waals surface area contributed by atoms with Crippen molar-refractivity contribution in [1.82, 2.24) is 9.78 Å². The molecular weight excluding hydrogens is 482 g/mol. The monoisotopic (exact) mass is 511 g/mol. The van der Waals surface area contributed by atoms with Crippen LogP contribution in [0.1, 0.15) is 29.6 Å². The summed E-state index contributed by atoms with van der Waals surface area (Å²) in [6.45, 7) is 1.02. The summed E-state index contributed by atoms with van der Waals surface area (Å²) in [6.07, 6.45) is 2.75. The number of anilines is 3. The van der Waals surface area contributed by atoms with Crippen molar-refractivity contribution in [2.75, 3.05) is 28.6 Å². The summed E-state index contributed by atoms with van der Waals surface area (Å²) in [4.78, 5) is 26.9. The molecule has 0 spiro atoms. The number of nitrogens with zero attached hydrogens (tertiary/aromatic N) is 3. The summed E-state index contributed by atoms with van der Waals surface area (Å²) >= 11 is 0. The van der Waals surface area contributed by atoms with Crippen LogP contribution in [0.15, 0.2) is 72.9 Å². The lowest BCUT2D eigenvalue weighted by molar-refractivity contribution is -0.117. The number of carbonyl (C=O) groups is 2. The van der Waals surface area contributed by atoms with E-state index in [-0.39, 0.29) is 17.7 Å². The topological polar surface area (TPSA) is 120 Å². The van der Waals surface area contributed by atoms with Gasteiger partial charge in [0, 0.05) is 47.0 Å². The molecule has 0 bridgehead atoms. The van der Waals surface area contributed by atoms with E-state index in [1.807, 2.05) is 64.2 Å². The molecule has 4 N–H and O–H groups in total. The molecule has 1 saturated heterocycles. The first kappa shape index (κ1) is 24.1. The standard InChI is InChI=1S/C29H29N5O4/c35-26-13-14-33(17-27(26)36)23-8-3-19(4-9-23)28(37)31-21-5-10-24(11-6-21)34-25-12-7-22(15-20(25)16-30-34)32-29(38)18-1-2-18/h3-12,15-16,18,26-27,35-36H,1-2,13-14,17H2,(H,31,37)(H,32,38). The van der Waals surface area contributed by atoms with Gasteiger partial charge in [-0.2, -0.15) is 5.10 Å². The predicted molar refractivity (Wildman–Crippen MR) is 146 cm³/mol. The molecule has 38 heavy (non-hydrogen) atoms. The van der Waals surface area contributed by atoms with Crippen LogP contribution in [0.5, 0.6) is 0 Å². The molecule has 0 radical (unpaired) electrons. The van der Waals surface area contributed by atoms with Crippen LogP contribution in [0.25, 0.3) is 16.6 Å². The molecule has 2 atom stereocenters. The summed E-state index contributed by atoms with van der Waals surface area (Å²) in [7, 11) is 0. The Morgan fingerprint density at radius 2 is 1.53 bits per heavy atom. The smallest absolute Gasteiger partial charge is 0.255 e. The molecule has 2 aliphatic rings. The van der Waals surface area contributed by atoms with E-state index in [1.165, 1.54) is 0 Å². The Morgan fingerprint density at radius 3 is 2.24 bits per heavy atom. The Morgan fingerprint density at radius 1 is 0.816 bits per heavy atom. The fourth-order valence-electron chi connectivity index (χ4n) is 4.77. The van der Waals surface area contributed by atoms with Crippen LogP contribution in [0.2, 0.25) is 0 Å². The number of rotatable bonds is 6. The lowest BCUT2D eigenvalue weighted by Crippen LogP contribution is -2.46. The number of nitrogens with one attached hydrogen (secondary N) is 2. The fraction of sp³-hybridized carbons (Fsp3) is 0.276. The number of amides is 2. The zero-order valence-electron chi connectivity index (χ0n) is 20.7. The molecule has 2 heterocycles. The van der Waals surface area contributed by atoms with E-state index in [1.54, 1.807) is 18.3 Å². The molecule has 1 aromatic heterocycles. The summed E-state index contributed by atoms with van der Waals surface area (Å²) in [5.74, 6) is 0.00814. The first-order valence-corrected chi connectivity index (χ1v) is 12.9. The Kier molecular flexibility index (Phi) is 6.30. The second-order valence-corrected chi connectivity index (χ2v) is 10.0. The first-order valence-electron chi connectivity index (χ1n) is 12.9. The summed E-state index contributed by atoms with van der Waals surface area (Å²) < 4.78 is 1.82. The van der Waals surface area contributed by atoms with E-state index in [0.717, 1.165) is 40.8 Å². The Balaban J connectivity index is 1.10. The minimum Gasteiger partial charge on any atom is -0.390 e. The molecule has 1 aliphatic heterocycles. The molecule has 194 valence electrons. The van der Waals surface area contributed by atoms with Gasteiger partial charge in [0.15, 0.2) is 0 Å². The molecule has 9 nitrogen and oxygen atoms in total. The van der Waals surface area contributed by atoms with Crippen LogP contribution in [-0.2, 0) is 4.79 Å². The van der Waals surface area contributed by atoms with Gasteiger partial charge in [-0.15, -0.1) is 0 Å². The number of benzene rings is 3. The molecule has 9 heteroatoms. The van der Waals surface area contributed by atoms with E-state index in [2.05, 4.69) is 15.7 Å². The number of aromatic nitrogens is 2. The predicted octanol–water partition coefficient (Wildman–Crippen LogP) is 3.56. The first-order chi connectivity index (χ1) is 18.4. The molecule has 2 amide bonds. The van der Waals surface area contributed by atoms with Gasteiger partial charge >= 0.3 is 0 Å². The number of hydrogen-bond donors (Lipinski definition) is 4. The Bertz CT molecular complexity index is 1480. The van der Waals surface area contributed by atoms with E-state index < -0.39 is 12.2 Å². The van der Waals surface area contributed by atoms with Crippen molar-refractivity contribution in [3.05, 3.63) is 78.5 Å². The zero-order valence-corrected chi connectivity index (χ0v) is 20.7. The second-order valence-electron chi connectivity index (χ2n) is 10.0. The van der Waals surface area contributed by atoms with Crippen molar-refractivity contribution in [2.24, 2.45) is 5.92 Å². The van der Waals surface area contributed by atoms with Crippen molar-refractivity contribution < 1.29 is 19.8 Å². The second kappa shape index (κ2) is 9.92. The lowest BCUT2D eigenvalue weighted by Gasteiger charge is -2.35. The van der Waals surface area contributed by atoms with Crippen LogP contribution in [0, 0.1) is 5.92 Å². The maximum Gasteiger partial charge on any atom is 0.255 e. The normalized spacial score (nSPS) is 19.4. The third kappa shape index (κ3) is 4.98. The molecule has 2 fully saturated rings. The fourth-order valence-corrected chi connectivity index (χ4v) is 4.77. The van der Waals surface area contributed by atoms with Gasteiger partial charge in [-0.05, 0) is 86.0 Å². The van der Waals surface area contributed by atoms with Crippen molar-refractivity contribution in [3.8, 4) is 5.69 Å².